The highest BCUT2D eigenvalue weighted by Crippen LogP contribution is 2.41. The quantitative estimate of drug-likeness (QED) is 0.693. The first-order valence-electron chi connectivity index (χ1n) is 8.37. The van der Waals surface area contributed by atoms with Gasteiger partial charge in [-0.05, 0) is 64.6 Å². The summed E-state index contributed by atoms with van der Waals surface area (Å²) in [7, 11) is 0. The average Bonchev–Trinajstić information content (AvgIpc) is 3.30. The van der Waals surface area contributed by atoms with E-state index in [9.17, 15) is 4.79 Å². The number of rotatable bonds is 8. The molecule has 0 bridgehead atoms. The number of nitrogens with one attached hydrogen (secondary N) is 1. The highest BCUT2D eigenvalue weighted by molar-refractivity contribution is 5.82. The number of ether oxygens (including phenoxy) is 1. The van der Waals surface area contributed by atoms with Crippen molar-refractivity contribution in [3.8, 4) is 0 Å². The fourth-order valence-electron chi connectivity index (χ4n) is 3.29. The molecule has 1 aliphatic heterocycles. The maximum absolute atomic E-state index is 12.6. The van der Waals surface area contributed by atoms with E-state index in [4.69, 9.17) is 4.74 Å². The highest BCUT2D eigenvalue weighted by atomic mass is 16.5. The zero-order valence-electron chi connectivity index (χ0n) is 13.1. The summed E-state index contributed by atoms with van der Waals surface area (Å²) in [5.41, 5.74) is -0.455. The van der Waals surface area contributed by atoms with Gasteiger partial charge >= 0.3 is 5.97 Å². The number of carbonyl (C=O) groups is 1. The minimum absolute atomic E-state index is 0.0264. The molecule has 2 fully saturated rings. The van der Waals surface area contributed by atoms with Gasteiger partial charge in [0, 0.05) is 6.54 Å². The van der Waals surface area contributed by atoms with Gasteiger partial charge in [-0.2, -0.15) is 0 Å². The Labute approximate surface area is 123 Å². The van der Waals surface area contributed by atoms with E-state index in [-0.39, 0.29) is 5.97 Å². The maximum atomic E-state index is 12.6. The summed E-state index contributed by atoms with van der Waals surface area (Å²) in [6.45, 7) is 8.50. The zero-order valence-corrected chi connectivity index (χ0v) is 13.1. The van der Waals surface area contributed by atoms with E-state index in [2.05, 4.69) is 17.1 Å². The molecular weight excluding hydrogens is 252 g/mol. The Bertz CT molecular complexity index is 312. The number of hydrogen-bond acceptors (Lipinski definition) is 4. The van der Waals surface area contributed by atoms with Gasteiger partial charge in [0.1, 0.15) is 5.54 Å². The summed E-state index contributed by atoms with van der Waals surface area (Å²) in [5, 5.41) is 3.56. The van der Waals surface area contributed by atoms with E-state index >= 15 is 0 Å². The van der Waals surface area contributed by atoms with Gasteiger partial charge in [0.05, 0.1) is 6.61 Å². The summed E-state index contributed by atoms with van der Waals surface area (Å²) in [4.78, 5) is 15.1. The molecule has 0 aromatic heterocycles. The molecule has 0 aromatic rings. The van der Waals surface area contributed by atoms with E-state index in [0.717, 1.165) is 45.4 Å². The van der Waals surface area contributed by atoms with Crippen molar-refractivity contribution in [2.24, 2.45) is 5.92 Å². The topological polar surface area (TPSA) is 41.6 Å². The van der Waals surface area contributed by atoms with Crippen molar-refractivity contribution in [1.82, 2.24) is 10.2 Å². The molecule has 1 atom stereocenters. The van der Waals surface area contributed by atoms with E-state index in [1.807, 2.05) is 6.92 Å². The fraction of sp³-hybridized carbons (Fsp3) is 0.938. The number of likely N-dealkylation sites (tertiary alicyclic amines) is 1. The molecule has 4 heteroatoms. The first-order valence-corrected chi connectivity index (χ1v) is 8.37. The van der Waals surface area contributed by atoms with Crippen LogP contribution in [0.4, 0.5) is 0 Å². The van der Waals surface area contributed by atoms with Crippen LogP contribution in [0.2, 0.25) is 0 Å². The lowest BCUT2D eigenvalue weighted by molar-refractivity contribution is -0.153. The molecule has 4 nitrogen and oxygen atoms in total. The molecule has 0 spiro atoms. The number of carbonyl (C=O) groups excluding carboxylic acids is 1. The summed E-state index contributed by atoms with van der Waals surface area (Å²) in [6, 6.07) is 0. The Morgan fingerprint density at radius 2 is 1.95 bits per heavy atom. The Hall–Kier alpha value is -0.610. The maximum Gasteiger partial charge on any atom is 0.327 e. The van der Waals surface area contributed by atoms with Crippen LogP contribution in [0, 0.1) is 5.92 Å². The van der Waals surface area contributed by atoms with Crippen LogP contribution in [-0.4, -0.2) is 49.2 Å². The van der Waals surface area contributed by atoms with Crippen molar-refractivity contribution in [3.05, 3.63) is 0 Å². The third-order valence-electron chi connectivity index (χ3n) is 4.53. The lowest BCUT2D eigenvalue weighted by Crippen LogP contribution is -2.62. The van der Waals surface area contributed by atoms with Crippen LogP contribution in [0.5, 0.6) is 0 Å². The van der Waals surface area contributed by atoms with E-state index in [0.29, 0.717) is 12.5 Å². The van der Waals surface area contributed by atoms with Crippen LogP contribution in [0.3, 0.4) is 0 Å². The van der Waals surface area contributed by atoms with Crippen molar-refractivity contribution in [1.29, 1.82) is 0 Å². The van der Waals surface area contributed by atoms with Gasteiger partial charge in [-0.3, -0.25) is 0 Å². The van der Waals surface area contributed by atoms with Gasteiger partial charge in [-0.15, -0.1) is 0 Å². The molecule has 0 radical (unpaired) electrons. The Morgan fingerprint density at radius 1 is 1.25 bits per heavy atom. The van der Waals surface area contributed by atoms with Crippen LogP contribution in [0.25, 0.3) is 0 Å². The number of piperidine rings is 1. The second-order valence-corrected chi connectivity index (χ2v) is 6.23. The lowest BCUT2D eigenvalue weighted by Gasteiger charge is -2.39. The van der Waals surface area contributed by atoms with Gasteiger partial charge in [0.25, 0.3) is 0 Å². The third kappa shape index (κ3) is 3.73. The second kappa shape index (κ2) is 7.41. The smallest absolute Gasteiger partial charge is 0.327 e. The van der Waals surface area contributed by atoms with Crippen LogP contribution in [-0.2, 0) is 9.53 Å². The van der Waals surface area contributed by atoms with Crippen molar-refractivity contribution in [2.45, 2.75) is 57.9 Å². The monoisotopic (exact) mass is 282 g/mol. The van der Waals surface area contributed by atoms with Gasteiger partial charge in [0.2, 0.25) is 0 Å². The lowest BCUT2D eigenvalue weighted by atomic mass is 9.91. The van der Waals surface area contributed by atoms with Gasteiger partial charge in [-0.1, -0.05) is 13.3 Å². The molecule has 1 saturated heterocycles. The standard InChI is InChI=1S/C16H30N2O2/c1-3-10-17-16(14-8-9-14,15(19)20-4-2)13-18-11-6-5-7-12-18/h14,17H,3-13H2,1-2H3. The predicted molar refractivity (Wildman–Crippen MR) is 80.7 cm³/mol. The van der Waals surface area contributed by atoms with Crippen molar-refractivity contribution < 1.29 is 9.53 Å². The average molecular weight is 282 g/mol. The number of nitrogens with zero attached hydrogens (tertiary/aromatic N) is 1. The minimum atomic E-state index is -0.455. The Morgan fingerprint density at radius 3 is 2.50 bits per heavy atom. The van der Waals surface area contributed by atoms with E-state index < -0.39 is 5.54 Å². The summed E-state index contributed by atoms with van der Waals surface area (Å²) in [5.74, 6) is 0.441. The molecule has 1 unspecified atom stereocenters. The normalized spacial score (nSPS) is 23.3. The van der Waals surface area contributed by atoms with Crippen molar-refractivity contribution in [2.75, 3.05) is 32.8 Å². The van der Waals surface area contributed by atoms with E-state index in [1.54, 1.807) is 0 Å². The Kier molecular flexibility index (Phi) is 5.85. The molecule has 116 valence electrons. The molecule has 1 heterocycles. The number of hydrogen-bond donors (Lipinski definition) is 1. The predicted octanol–water partition coefficient (Wildman–Crippen LogP) is 2.18. The Balaban J connectivity index is 2.08. The van der Waals surface area contributed by atoms with E-state index in [1.165, 1.54) is 19.3 Å². The zero-order chi connectivity index (χ0) is 14.4. The molecule has 2 aliphatic rings. The molecule has 0 aromatic carbocycles. The van der Waals surface area contributed by atoms with Gasteiger partial charge < -0.3 is 15.0 Å². The SMILES string of the molecule is CCCNC(CN1CCCCC1)(C(=O)OCC)C1CC1. The highest BCUT2D eigenvalue weighted by Gasteiger charge is 2.52. The fourth-order valence-corrected chi connectivity index (χ4v) is 3.29. The first-order chi connectivity index (χ1) is 9.73. The molecule has 2 rings (SSSR count). The van der Waals surface area contributed by atoms with Gasteiger partial charge in [-0.25, -0.2) is 4.79 Å². The molecule has 1 aliphatic carbocycles. The van der Waals surface area contributed by atoms with Crippen LogP contribution in [0.1, 0.15) is 52.4 Å². The first kappa shape index (κ1) is 15.8. The summed E-state index contributed by atoms with van der Waals surface area (Å²) < 4.78 is 5.42. The molecule has 0 amide bonds. The van der Waals surface area contributed by atoms with Crippen molar-refractivity contribution in [3.63, 3.8) is 0 Å². The molecule has 1 N–H and O–H groups in total. The molecule has 20 heavy (non-hydrogen) atoms. The van der Waals surface area contributed by atoms with Gasteiger partial charge in [0.15, 0.2) is 0 Å². The number of esters is 1. The van der Waals surface area contributed by atoms with Crippen LogP contribution in [0.15, 0.2) is 0 Å². The minimum Gasteiger partial charge on any atom is -0.465 e. The second-order valence-electron chi connectivity index (χ2n) is 6.23. The van der Waals surface area contributed by atoms with Crippen LogP contribution < -0.4 is 5.32 Å². The van der Waals surface area contributed by atoms with Crippen LogP contribution >= 0.6 is 0 Å². The summed E-state index contributed by atoms with van der Waals surface area (Å²) in [6.07, 6.45) is 7.21. The van der Waals surface area contributed by atoms with Crippen molar-refractivity contribution >= 4 is 5.97 Å². The molecule has 1 saturated carbocycles. The largest absolute Gasteiger partial charge is 0.465 e. The molecular formula is C16H30N2O2. The third-order valence-corrected chi connectivity index (χ3v) is 4.53. The summed E-state index contributed by atoms with van der Waals surface area (Å²) >= 11 is 0.